The molecule has 1 fully saturated rings. The summed E-state index contributed by atoms with van der Waals surface area (Å²) in [5.74, 6) is 1.52. The molecule has 0 spiro atoms. The van der Waals surface area contributed by atoms with E-state index >= 15 is 0 Å². The molecule has 0 unspecified atom stereocenters. The second-order valence-corrected chi connectivity index (χ2v) is 9.83. The number of rotatable bonds is 10. The maximum absolute atomic E-state index is 13.1. The first-order valence-electron chi connectivity index (χ1n) is 11.1. The van der Waals surface area contributed by atoms with Crippen LogP contribution in [0.2, 0.25) is 0 Å². The van der Waals surface area contributed by atoms with Crippen molar-refractivity contribution in [1.29, 1.82) is 0 Å². The number of methoxy groups -OCH3 is 5. The Hall–Kier alpha value is -3.51. The van der Waals surface area contributed by atoms with Crippen LogP contribution in [-0.2, 0) is 14.8 Å². The lowest BCUT2D eigenvalue weighted by Gasteiger charge is -2.30. The van der Waals surface area contributed by atoms with E-state index in [4.69, 9.17) is 23.7 Å². The highest BCUT2D eigenvalue weighted by Gasteiger charge is 2.32. The van der Waals surface area contributed by atoms with E-state index in [1.165, 1.54) is 58.2 Å². The number of carbonyl (C=O) groups excluding carboxylic acids is 1. The van der Waals surface area contributed by atoms with Gasteiger partial charge in [-0.1, -0.05) is 0 Å². The number of hydrogen-bond acceptors (Lipinski definition) is 9. The number of hydrogen-bond donors (Lipinski definition) is 1. The van der Waals surface area contributed by atoms with Gasteiger partial charge in [-0.2, -0.15) is 9.41 Å². The monoisotopic (exact) mass is 521 g/mol. The van der Waals surface area contributed by atoms with Crippen LogP contribution in [0.4, 0.5) is 0 Å². The molecule has 2 aromatic carbocycles. The number of benzene rings is 2. The average molecular weight is 522 g/mol. The van der Waals surface area contributed by atoms with Crippen LogP contribution in [0.3, 0.4) is 0 Å². The molecule has 11 nitrogen and oxygen atoms in total. The lowest BCUT2D eigenvalue weighted by atomic mass is 9.98. The summed E-state index contributed by atoms with van der Waals surface area (Å²) >= 11 is 0. The maximum atomic E-state index is 13.1. The lowest BCUT2D eigenvalue weighted by molar-refractivity contribution is -0.126. The molecule has 2 aromatic rings. The molecule has 0 saturated carbocycles. The number of ether oxygens (including phenoxy) is 5. The van der Waals surface area contributed by atoms with Gasteiger partial charge in [-0.3, -0.25) is 4.79 Å². The van der Waals surface area contributed by atoms with Crippen LogP contribution < -0.4 is 29.1 Å². The molecule has 1 aliphatic heterocycles. The van der Waals surface area contributed by atoms with Crippen LogP contribution >= 0.6 is 0 Å². The molecule has 1 heterocycles. The van der Waals surface area contributed by atoms with Gasteiger partial charge >= 0.3 is 0 Å². The highest BCUT2D eigenvalue weighted by Crippen LogP contribution is 2.37. The Morgan fingerprint density at radius 1 is 0.889 bits per heavy atom. The van der Waals surface area contributed by atoms with Crippen molar-refractivity contribution in [3.63, 3.8) is 0 Å². The first-order chi connectivity index (χ1) is 17.3. The Kier molecular flexibility index (Phi) is 8.99. The number of hydrazone groups is 1. The van der Waals surface area contributed by atoms with E-state index < -0.39 is 10.0 Å². The molecule has 1 saturated heterocycles. The van der Waals surface area contributed by atoms with Crippen LogP contribution in [0.25, 0.3) is 0 Å². The van der Waals surface area contributed by atoms with Gasteiger partial charge < -0.3 is 23.7 Å². The molecule has 0 radical (unpaired) electrons. The lowest BCUT2D eigenvalue weighted by Crippen LogP contribution is -2.42. The van der Waals surface area contributed by atoms with Gasteiger partial charge in [-0.05, 0) is 37.1 Å². The summed E-state index contributed by atoms with van der Waals surface area (Å²) in [6.07, 6.45) is 2.22. The Morgan fingerprint density at radius 2 is 1.47 bits per heavy atom. The normalized spacial score (nSPS) is 14.9. The minimum Gasteiger partial charge on any atom is -0.493 e. The SMILES string of the molecule is COc1ccc(S(=O)(=O)N2CCC(C(=O)N/N=C\c3cc(OC)c(OC)c(OC)c3)CC2)cc1OC. The zero-order chi connectivity index (χ0) is 26.3. The summed E-state index contributed by atoms with van der Waals surface area (Å²) < 4.78 is 53.9. The van der Waals surface area contributed by atoms with Crippen LogP contribution in [0.1, 0.15) is 18.4 Å². The zero-order valence-electron chi connectivity index (χ0n) is 20.9. The van der Waals surface area contributed by atoms with Gasteiger partial charge in [0.1, 0.15) is 0 Å². The summed E-state index contributed by atoms with van der Waals surface area (Å²) in [6, 6.07) is 7.87. The number of nitrogens with zero attached hydrogens (tertiary/aromatic N) is 2. The van der Waals surface area contributed by atoms with E-state index in [2.05, 4.69) is 10.5 Å². The predicted octanol–water partition coefficient (Wildman–Crippen LogP) is 2.28. The first-order valence-corrected chi connectivity index (χ1v) is 12.6. The van der Waals surface area contributed by atoms with Gasteiger partial charge in [0, 0.05) is 30.6 Å². The molecule has 196 valence electrons. The third kappa shape index (κ3) is 5.82. The molecular formula is C24H31N3O8S. The second-order valence-electron chi connectivity index (χ2n) is 7.89. The van der Waals surface area contributed by atoms with Crippen molar-refractivity contribution in [2.24, 2.45) is 11.0 Å². The Bertz CT molecular complexity index is 1180. The van der Waals surface area contributed by atoms with Gasteiger partial charge in [0.25, 0.3) is 0 Å². The summed E-state index contributed by atoms with van der Waals surface area (Å²) in [5, 5.41) is 4.04. The number of piperidine rings is 1. The number of carbonyl (C=O) groups is 1. The van der Waals surface area contributed by atoms with Gasteiger partial charge in [0.2, 0.25) is 21.7 Å². The molecule has 1 aliphatic rings. The second kappa shape index (κ2) is 12.0. The van der Waals surface area contributed by atoms with E-state index in [0.29, 0.717) is 47.2 Å². The standard InChI is InChI=1S/C24H31N3O8S/c1-31-19-7-6-18(14-20(19)32-2)36(29,30)27-10-8-17(9-11-27)24(28)26-25-15-16-12-21(33-3)23(35-5)22(13-16)34-4/h6-7,12-15,17H,8-11H2,1-5H3,(H,26,28)/b25-15-. The molecular weight excluding hydrogens is 490 g/mol. The molecule has 1 N–H and O–H groups in total. The number of sulfonamides is 1. The van der Waals surface area contributed by atoms with Crippen molar-refractivity contribution in [1.82, 2.24) is 9.73 Å². The molecule has 1 amide bonds. The van der Waals surface area contributed by atoms with E-state index in [1.807, 2.05) is 0 Å². The fourth-order valence-electron chi connectivity index (χ4n) is 3.92. The molecule has 36 heavy (non-hydrogen) atoms. The van der Waals surface area contributed by atoms with Crippen molar-refractivity contribution in [2.45, 2.75) is 17.7 Å². The van der Waals surface area contributed by atoms with Crippen LogP contribution in [0.15, 0.2) is 40.3 Å². The van der Waals surface area contributed by atoms with E-state index in [0.717, 1.165) is 0 Å². The Labute approximate surface area is 211 Å². The molecule has 0 bridgehead atoms. The Balaban J connectivity index is 1.61. The fourth-order valence-corrected chi connectivity index (χ4v) is 5.41. The maximum Gasteiger partial charge on any atom is 0.243 e. The Morgan fingerprint density at radius 3 is 2.00 bits per heavy atom. The molecule has 0 aromatic heterocycles. The van der Waals surface area contributed by atoms with Gasteiger partial charge in [-0.15, -0.1) is 0 Å². The van der Waals surface area contributed by atoms with Gasteiger partial charge in [0.15, 0.2) is 23.0 Å². The van der Waals surface area contributed by atoms with Crippen LogP contribution in [0.5, 0.6) is 28.7 Å². The topological polar surface area (TPSA) is 125 Å². The number of amides is 1. The van der Waals surface area contributed by atoms with E-state index in [1.54, 1.807) is 18.2 Å². The van der Waals surface area contributed by atoms with E-state index in [9.17, 15) is 13.2 Å². The smallest absolute Gasteiger partial charge is 0.243 e. The van der Waals surface area contributed by atoms with Crippen LogP contribution in [0, 0.1) is 5.92 Å². The van der Waals surface area contributed by atoms with Crippen molar-refractivity contribution in [2.75, 3.05) is 48.6 Å². The van der Waals surface area contributed by atoms with Crippen molar-refractivity contribution < 1.29 is 36.9 Å². The van der Waals surface area contributed by atoms with Gasteiger partial charge in [0.05, 0.1) is 46.7 Å². The van der Waals surface area contributed by atoms with Crippen molar-refractivity contribution in [3.8, 4) is 28.7 Å². The van der Waals surface area contributed by atoms with Crippen LogP contribution in [-0.4, -0.2) is 73.5 Å². The molecule has 0 atom stereocenters. The molecule has 3 rings (SSSR count). The van der Waals surface area contributed by atoms with Crippen molar-refractivity contribution >= 4 is 22.1 Å². The highest BCUT2D eigenvalue weighted by atomic mass is 32.2. The minimum atomic E-state index is -3.74. The summed E-state index contributed by atoms with van der Waals surface area (Å²) in [6.45, 7) is 0.427. The third-order valence-corrected chi connectivity index (χ3v) is 7.79. The number of nitrogens with one attached hydrogen (secondary N) is 1. The third-order valence-electron chi connectivity index (χ3n) is 5.89. The zero-order valence-corrected chi connectivity index (χ0v) is 21.8. The fraction of sp³-hybridized carbons (Fsp3) is 0.417. The summed E-state index contributed by atoms with van der Waals surface area (Å²) in [4.78, 5) is 12.7. The summed E-state index contributed by atoms with van der Waals surface area (Å²) in [5.41, 5.74) is 3.18. The minimum absolute atomic E-state index is 0.109. The average Bonchev–Trinajstić information content (AvgIpc) is 2.91. The van der Waals surface area contributed by atoms with Gasteiger partial charge in [-0.25, -0.2) is 13.8 Å². The highest BCUT2D eigenvalue weighted by molar-refractivity contribution is 7.89. The molecule has 12 heteroatoms. The molecule has 0 aliphatic carbocycles. The van der Waals surface area contributed by atoms with E-state index in [-0.39, 0.29) is 29.8 Å². The first kappa shape index (κ1) is 27.1. The van der Waals surface area contributed by atoms with Crippen molar-refractivity contribution in [3.05, 3.63) is 35.9 Å². The largest absolute Gasteiger partial charge is 0.493 e. The quantitative estimate of drug-likeness (QED) is 0.373. The predicted molar refractivity (Wildman–Crippen MR) is 133 cm³/mol. The summed E-state index contributed by atoms with van der Waals surface area (Å²) in [7, 11) is 3.73.